The van der Waals surface area contributed by atoms with Crippen molar-refractivity contribution in [2.24, 2.45) is 0 Å². The largest absolute Gasteiger partial charge is 0.0622 e. The van der Waals surface area contributed by atoms with Crippen molar-refractivity contribution in [3.8, 4) is 77.9 Å². The highest BCUT2D eigenvalue weighted by molar-refractivity contribution is 6.24. The highest BCUT2D eigenvalue weighted by Crippen LogP contribution is 2.56. The molecule has 0 heterocycles. The fraction of sp³-hybridized carbons (Fsp3) is 0.0857. The Morgan fingerprint density at radius 2 is 0.571 bits per heavy atom. The molecule has 70 heavy (non-hydrogen) atoms. The molecule has 14 rings (SSSR count). The van der Waals surface area contributed by atoms with Crippen LogP contribution in [0.15, 0.2) is 231 Å². The van der Waals surface area contributed by atoms with E-state index in [4.69, 9.17) is 0 Å². The highest BCUT2D eigenvalue weighted by Gasteiger charge is 2.38. The third-order valence-corrected chi connectivity index (χ3v) is 16.3. The van der Waals surface area contributed by atoms with Crippen LogP contribution < -0.4 is 0 Å². The summed E-state index contributed by atoms with van der Waals surface area (Å²) in [5.41, 5.74) is 23.3. The molecule has 330 valence electrons. The molecule has 0 nitrogen and oxygen atoms in total. The van der Waals surface area contributed by atoms with Gasteiger partial charge in [0.15, 0.2) is 0 Å². The summed E-state index contributed by atoms with van der Waals surface area (Å²) >= 11 is 0. The smallest absolute Gasteiger partial charge is 0.0159 e. The zero-order chi connectivity index (χ0) is 46.9. The van der Waals surface area contributed by atoms with E-state index in [1.807, 2.05) is 0 Å². The number of hydrogen-bond donors (Lipinski definition) is 0. The summed E-state index contributed by atoms with van der Waals surface area (Å²) in [4.78, 5) is 0. The molecule has 0 N–H and O–H groups in total. The highest BCUT2D eigenvalue weighted by atomic mass is 14.4. The maximum Gasteiger partial charge on any atom is 0.0159 e. The van der Waals surface area contributed by atoms with E-state index >= 15 is 0 Å². The van der Waals surface area contributed by atoms with Gasteiger partial charge >= 0.3 is 0 Å². The molecule has 0 amide bonds. The lowest BCUT2D eigenvalue weighted by Crippen LogP contribution is -2.14. The lowest BCUT2D eigenvalue weighted by atomic mass is 9.80. The second-order valence-electron chi connectivity index (χ2n) is 20.7. The van der Waals surface area contributed by atoms with Crippen LogP contribution in [0.5, 0.6) is 0 Å². The van der Waals surface area contributed by atoms with Crippen molar-refractivity contribution < 1.29 is 0 Å². The summed E-state index contributed by atoms with van der Waals surface area (Å²) in [6.07, 6.45) is 0. The molecule has 0 heteroatoms. The van der Waals surface area contributed by atoms with Crippen LogP contribution >= 0.6 is 0 Å². The van der Waals surface area contributed by atoms with Crippen molar-refractivity contribution in [2.45, 2.75) is 38.5 Å². The third kappa shape index (κ3) is 5.77. The molecular weight excluding hydrogens is 841 g/mol. The molecule has 0 fully saturated rings. The maximum atomic E-state index is 2.50. The van der Waals surface area contributed by atoms with E-state index in [0.717, 1.165) is 0 Å². The van der Waals surface area contributed by atoms with Crippen LogP contribution in [0, 0.1) is 0 Å². The first kappa shape index (κ1) is 40.7. The van der Waals surface area contributed by atoms with E-state index in [9.17, 15) is 0 Å². The van der Waals surface area contributed by atoms with Gasteiger partial charge in [-0.1, -0.05) is 246 Å². The molecule has 0 aromatic heterocycles. The van der Waals surface area contributed by atoms with E-state index in [0.29, 0.717) is 0 Å². The summed E-state index contributed by atoms with van der Waals surface area (Å²) in [6.45, 7) is 9.53. The van der Waals surface area contributed by atoms with Crippen LogP contribution in [-0.4, -0.2) is 0 Å². The first-order valence-electron chi connectivity index (χ1n) is 24.8. The van der Waals surface area contributed by atoms with Crippen LogP contribution in [0.25, 0.3) is 121 Å². The topological polar surface area (TPSA) is 0 Å². The van der Waals surface area contributed by atoms with Crippen molar-refractivity contribution in [3.05, 3.63) is 253 Å². The molecule has 0 aliphatic heterocycles. The van der Waals surface area contributed by atoms with Crippen LogP contribution in [0.2, 0.25) is 0 Å². The Bertz CT molecular complexity index is 4090. The molecule has 0 unspecified atom stereocenters. The number of fused-ring (bicyclic) bond motifs is 10. The van der Waals surface area contributed by atoms with Crippen LogP contribution in [-0.2, 0) is 10.8 Å². The van der Waals surface area contributed by atoms with Crippen molar-refractivity contribution >= 4 is 43.1 Å². The van der Waals surface area contributed by atoms with Gasteiger partial charge in [0.05, 0.1) is 0 Å². The van der Waals surface area contributed by atoms with Crippen LogP contribution in [0.3, 0.4) is 0 Å². The summed E-state index contributed by atoms with van der Waals surface area (Å²) in [6, 6.07) is 86.9. The standard InChI is InChI=1S/C70H50/c1-69(2)61-31-17-15-28-57(61)68-58(29-18-32-62(68)69)67-55-27-13-12-26-54(55)66(56-40-38-46(41-59(56)67)47-37-39-49-48-21-14-16-30-60(48)70(3,4)63(49)42-47)45-35-33-44(34-36-45)65-52-24-10-8-22-50(52)64(43-19-6-5-7-20-43)51-23-9-11-25-53(51)65/h5-42H,1-4H3. The molecule has 12 aromatic rings. The molecule has 12 aromatic carbocycles. The van der Waals surface area contributed by atoms with Crippen LogP contribution in [0.1, 0.15) is 49.9 Å². The van der Waals surface area contributed by atoms with Crippen molar-refractivity contribution in [1.82, 2.24) is 0 Å². The van der Waals surface area contributed by atoms with E-state index in [-0.39, 0.29) is 10.8 Å². The molecule has 0 saturated carbocycles. The van der Waals surface area contributed by atoms with Gasteiger partial charge in [0.1, 0.15) is 0 Å². The van der Waals surface area contributed by atoms with Gasteiger partial charge in [-0.15, -0.1) is 0 Å². The minimum absolute atomic E-state index is 0.0905. The predicted octanol–water partition coefficient (Wildman–Crippen LogP) is 19.2. The number of benzene rings is 12. The van der Waals surface area contributed by atoms with Crippen molar-refractivity contribution in [1.29, 1.82) is 0 Å². The van der Waals surface area contributed by atoms with Gasteiger partial charge in [-0.3, -0.25) is 0 Å². The normalized spacial score (nSPS) is 13.9. The predicted molar refractivity (Wildman–Crippen MR) is 299 cm³/mol. The molecular formula is C70H50. The minimum Gasteiger partial charge on any atom is -0.0622 e. The Balaban J connectivity index is 1.01. The first-order chi connectivity index (χ1) is 34.3. The Morgan fingerprint density at radius 1 is 0.200 bits per heavy atom. The van der Waals surface area contributed by atoms with E-state index in [1.165, 1.54) is 143 Å². The fourth-order valence-electron chi connectivity index (χ4n) is 13.0. The SMILES string of the molecule is CC1(C)c2ccccc2-c2ccc(-c3ccc4c(-c5ccc(-c6c7ccccc7c(-c7ccccc7)c7ccccc67)cc5)c5ccccc5c(-c5cccc6c5-c5ccccc5C6(C)C)c4c3)cc21. The van der Waals surface area contributed by atoms with Gasteiger partial charge in [-0.2, -0.15) is 0 Å². The quantitative estimate of drug-likeness (QED) is 0.151. The van der Waals surface area contributed by atoms with E-state index in [2.05, 4.69) is 258 Å². The molecule has 0 spiro atoms. The van der Waals surface area contributed by atoms with Gasteiger partial charge in [-0.25, -0.2) is 0 Å². The van der Waals surface area contributed by atoms with Gasteiger partial charge in [-0.05, 0) is 155 Å². The molecule has 2 aliphatic carbocycles. The fourth-order valence-corrected chi connectivity index (χ4v) is 13.0. The zero-order valence-corrected chi connectivity index (χ0v) is 39.9. The van der Waals surface area contributed by atoms with E-state index < -0.39 is 0 Å². The van der Waals surface area contributed by atoms with E-state index in [1.54, 1.807) is 0 Å². The Labute approximate surface area is 410 Å². The molecule has 0 saturated heterocycles. The van der Waals surface area contributed by atoms with Gasteiger partial charge in [0.25, 0.3) is 0 Å². The molecule has 0 radical (unpaired) electrons. The average molecular weight is 891 g/mol. The lowest BCUT2D eigenvalue weighted by Gasteiger charge is -2.23. The zero-order valence-electron chi connectivity index (χ0n) is 39.9. The maximum absolute atomic E-state index is 2.50. The summed E-state index contributed by atoms with van der Waals surface area (Å²) in [5.74, 6) is 0. The number of rotatable bonds is 5. The summed E-state index contributed by atoms with van der Waals surface area (Å²) in [7, 11) is 0. The Hall–Kier alpha value is -8.32. The molecule has 0 atom stereocenters. The van der Waals surface area contributed by atoms with Gasteiger partial charge in [0, 0.05) is 10.8 Å². The third-order valence-electron chi connectivity index (χ3n) is 16.3. The lowest BCUT2D eigenvalue weighted by molar-refractivity contribution is 0.660. The second-order valence-corrected chi connectivity index (χ2v) is 20.7. The van der Waals surface area contributed by atoms with Gasteiger partial charge in [0.2, 0.25) is 0 Å². The van der Waals surface area contributed by atoms with Crippen molar-refractivity contribution in [3.63, 3.8) is 0 Å². The summed E-state index contributed by atoms with van der Waals surface area (Å²) < 4.78 is 0. The molecule has 2 aliphatic rings. The first-order valence-corrected chi connectivity index (χ1v) is 24.8. The Morgan fingerprint density at radius 3 is 1.16 bits per heavy atom. The average Bonchev–Trinajstić information content (AvgIpc) is 3.79. The van der Waals surface area contributed by atoms with Crippen molar-refractivity contribution in [2.75, 3.05) is 0 Å². The van der Waals surface area contributed by atoms with Crippen LogP contribution in [0.4, 0.5) is 0 Å². The number of hydrogen-bond acceptors (Lipinski definition) is 0. The monoisotopic (exact) mass is 890 g/mol. The van der Waals surface area contributed by atoms with Gasteiger partial charge < -0.3 is 0 Å². The summed E-state index contributed by atoms with van der Waals surface area (Å²) in [5, 5.41) is 10.1. The minimum atomic E-state index is -0.117. The second kappa shape index (κ2) is 15.1. The Kier molecular flexibility index (Phi) is 8.78. The molecule has 0 bridgehead atoms.